The molecule has 4 aromatic rings. The van der Waals surface area contributed by atoms with Crippen LogP contribution in [0.2, 0.25) is 0 Å². The highest BCUT2D eigenvalue weighted by Gasteiger charge is 2.32. The molecule has 1 amide bonds. The van der Waals surface area contributed by atoms with Crippen molar-refractivity contribution >= 4 is 27.7 Å². The van der Waals surface area contributed by atoms with Gasteiger partial charge >= 0.3 is 0 Å². The van der Waals surface area contributed by atoms with E-state index in [-0.39, 0.29) is 23.6 Å². The van der Waals surface area contributed by atoms with Gasteiger partial charge in [-0.15, -0.1) is 0 Å². The normalized spacial score (nSPS) is 20.3. The van der Waals surface area contributed by atoms with E-state index in [1.807, 2.05) is 6.20 Å². The average Bonchev–Trinajstić information content (AvgIpc) is 3.25. The van der Waals surface area contributed by atoms with E-state index in [9.17, 15) is 13.6 Å². The van der Waals surface area contributed by atoms with Crippen LogP contribution in [0.3, 0.4) is 0 Å². The Morgan fingerprint density at radius 2 is 1.44 bits per heavy atom. The largest absolute Gasteiger partial charge is 0.361 e. The van der Waals surface area contributed by atoms with Crippen molar-refractivity contribution in [2.75, 3.05) is 6.54 Å². The third-order valence-corrected chi connectivity index (χ3v) is 5.15. The number of nitrogens with one attached hydrogen (secondary N) is 4. The van der Waals surface area contributed by atoms with Gasteiger partial charge in [0.2, 0.25) is 5.91 Å². The van der Waals surface area contributed by atoms with Crippen molar-refractivity contribution in [1.29, 1.82) is 0 Å². The van der Waals surface area contributed by atoms with Gasteiger partial charge in [-0.25, -0.2) is 8.78 Å². The molecule has 1 aliphatic rings. The molecule has 1 saturated heterocycles. The van der Waals surface area contributed by atoms with Gasteiger partial charge in [-0.05, 0) is 42.0 Å². The van der Waals surface area contributed by atoms with E-state index < -0.39 is 6.04 Å². The average molecular weight is 366 g/mol. The van der Waals surface area contributed by atoms with Crippen LogP contribution in [-0.4, -0.2) is 22.4 Å². The molecule has 136 valence electrons. The van der Waals surface area contributed by atoms with Gasteiger partial charge in [0.1, 0.15) is 17.7 Å². The molecule has 27 heavy (non-hydrogen) atoms. The van der Waals surface area contributed by atoms with Crippen LogP contribution in [0.25, 0.3) is 21.8 Å². The Morgan fingerprint density at radius 1 is 0.852 bits per heavy atom. The number of H-pyrrole nitrogens is 2. The lowest BCUT2D eigenvalue weighted by Gasteiger charge is -2.31. The van der Waals surface area contributed by atoms with Gasteiger partial charge in [-0.1, -0.05) is 0 Å². The third-order valence-electron chi connectivity index (χ3n) is 5.15. The van der Waals surface area contributed by atoms with Crippen LogP contribution < -0.4 is 10.6 Å². The fourth-order valence-corrected chi connectivity index (χ4v) is 3.84. The van der Waals surface area contributed by atoms with Crippen molar-refractivity contribution in [3.63, 3.8) is 0 Å². The summed E-state index contributed by atoms with van der Waals surface area (Å²) in [7, 11) is 0. The molecular weight excluding hydrogens is 350 g/mol. The third kappa shape index (κ3) is 2.59. The van der Waals surface area contributed by atoms with Gasteiger partial charge in [0.05, 0.1) is 6.04 Å². The predicted octanol–water partition coefficient (Wildman–Crippen LogP) is 3.43. The predicted molar refractivity (Wildman–Crippen MR) is 98.1 cm³/mol. The van der Waals surface area contributed by atoms with Crippen LogP contribution in [0.1, 0.15) is 23.2 Å². The van der Waals surface area contributed by atoms with Crippen LogP contribution in [0.5, 0.6) is 0 Å². The van der Waals surface area contributed by atoms with Crippen molar-refractivity contribution in [2.24, 2.45) is 0 Å². The van der Waals surface area contributed by atoms with Crippen molar-refractivity contribution in [2.45, 2.75) is 12.1 Å². The van der Waals surface area contributed by atoms with Gasteiger partial charge in [0.25, 0.3) is 0 Å². The Kier molecular flexibility index (Phi) is 3.51. The van der Waals surface area contributed by atoms with E-state index in [0.717, 1.165) is 21.9 Å². The number of carbonyl (C=O) groups is 1. The molecular formula is C20H16F2N4O. The summed E-state index contributed by atoms with van der Waals surface area (Å²) in [6, 6.07) is 8.35. The first-order chi connectivity index (χ1) is 13.1. The van der Waals surface area contributed by atoms with Crippen LogP contribution in [-0.2, 0) is 4.79 Å². The van der Waals surface area contributed by atoms with Crippen molar-refractivity contribution in [3.8, 4) is 0 Å². The zero-order chi connectivity index (χ0) is 18.5. The molecule has 0 bridgehead atoms. The number of hydrogen-bond donors (Lipinski definition) is 4. The summed E-state index contributed by atoms with van der Waals surface area (Å²) in [4.78, 5) is 18.6. The second-order valence-electron chi connectivity index (χ2n) is 6.77. The van der Waals surface area contributed by atoms with Crippen molar-refractivity contribution < 1.29 is 13.6 Å². The van der Waals surface area contributed by atoms with Crippen LogP contribution >= 0.6 is 0 Å². The highest BCUT2D eigenvalue weighted by molar-refractivity contribution is 5.92. The van der Waals surface area contributed by atoms with Gasteiger partial charge in [0, 0.05) is 46.3 Å². The maximum absolute atomic E-state index is 13.4. The van der Waals surface area contributed by atoms with E-state index >= 15 is 0 Å². The molecule has 0 aliphatic carbocycles. The highest BCUT2D eigenvalue weighted by atomic mass is 19.1. The molecule has 5 nitrogen and oxygen atoms in total. The zero-order valence-corrected chi connectivity index (χ0v) is 14.1. The summed E-state index contributed by atoms with van der Waals surface area (Å²) in [6.07, 6.45) is 3.56. The topological polar surface area (TPSA) is 72.7 Å². The van der Waals surface area contributed by atoms with Crippen molar-refractivity contribution in [1.82, 2.24) is 20.6 Å². The molecule has 3 heterocycles. The first-order valence-corrected chi connectivity index (χ1v) is 8.67. The molecule has 1 fully saturated rings. The smallest absolute Gasteiger partial charge is 0.241 e. The molecule has 1 aliphatic heterocycles. The van der Waals surface area contributed by atoms with E-state index in [0.29, 0.717) is 17.6 Å². The van der Waals surface area contributed by atoms with Crippen LogP contribution in [0.15, 0.2) is 48.8 Å². The SMILES string of the molecule is O=C1NCC(c2c[nH]c3cc(F)ccc23)NC1c1c[nH]c2cc(F)ccc12. The number of fused-ring (bicyclic) bond motifs is 2. The Bertz CT molecular complexity index is 1180. The molecule has 5 rings (SSSR count). The zero-order valence-electron chi connectivity index (χ0n) is 14.1. The first-order valence-electron chi connectivity index (χ1n) is 8.67. The van der Waals surface area contributed by atoms with E-state index in [4.69, 9.17) is 0 Å². The summed E-state index contributed by atoms with van der Waals surface area (Å²) in [5, 5.41) is 8.02. The number of carbonyl (C=O) groups excluding carboxylic acids is 1. The summed E-state index contributed by atoms with van der Waals surface area (Å²) in [5.74, 6) is -0.770. The Labute approximate surface area is 152 Å². The van der Waals surface area contributed by atoms with Gasteiger partial charge < -0.3 is 15.3 Å². The second kappa shape index (κ2) is 5.92. The lowest BCUT2D eigenvalue weighted by molar-refractivity contribution is -0.125. The lowest BCUT2D eigenvalue weighted by Crippen LogP contribution is -2.49. The maximum atomic E-state index is 13.4. The summed E-state index contributed by atoms with van der Waals surface area (Å²) in [5.41, 5.74) is 3.08. The number of halogens is 2. The number of rotatable bonds is 2. The fourth-order valence-electron chi connectivity index (χ4n) is 3.84. The maximum Gasteiger partial charge on any atom is 0.241 e. The second-order valence-corrected chi connectivity index (χ2v) is 6.77. The minimum Gasteiger partial charge on any atom is -0.361 e. The molecule has 2 unspecified atom stereocenters. The van der Waals surface area contributed by atoms with Crippen LogP contribution in [0.4, 0.5) is 8.78 Å². The Balaban J connectivity index is 1.53. The summed E-state index contributed by atoms with van der Waals surface area (Å²) in [6.45, 7) is 0.427. The standard InChI is InChI=1S/C20H16F2N4O/c21-10-1-3-12-14(7-23-16(12)5-10)18-9-25-20(27)19(26-18)15-8-24-17-6-11(22)2-4-13(15)17/h1-8,18-19,23-24,26H,9H2,(H,25,27). The molecule has 2 aromatic heterocycles. The fraction of sp³-hybridized carbons (Fsp3) is 0.150. The molecule has 4 N–H and O–H groups in total. The number of hydrogen-bond acceptors (Lipinski definition) is 2. The van der Waals surface area contributed by atoms with Gasteiger partial charge in [0.15, 0.2) is 0 Å². The van der Waals surface area contributed by atoms with E-state index in [2.05, 4.69) is 20.6 Å². The van der Waals surface area contributed by atoms with Gasteiger partial charge in [-0.2, -0.15) is 0 Å². The number of aromatic amines is 2. The Hall–Kier alpha value is -3.19. The Morgan fingerprint density at radius 3 is 2.11 bits per heavy atom. The molecule has 0 saturated carbocycles. The first kappa shape index (κ1) is 16.0. The summed E-state index contributed by atoms with van der Waals surface area (Å²) >= 11 is 0. The van der Waals surface area contributed by atoms with E-state index in [1.54, 1.807) is 18.3 Å². The van der Waals surface area contributed by atoms with Crippen molar-refractivity contribution in [3.05, 3.63) is 71.6 Å². The number of aromatic nitrogens is 2. The minimum atomic E-state index is -0.576. The van der Waals surface area contributed by atoms with Gasteiger partial charge in [-0.3, -0.25) is 10.1 Å². The molecule has 0 radical (unpaired) electrons. The monoisotopic (exact) mass is 366 g/mol. The minimum absolute atomic E-state index is 0.137. The molecule has 7 heteroatoms. The molecule has 2 atom stereocenters. The molecule has 2 aromatic carbocycles. The van der Waals surface area contributed by atoms with Crippen LogP contribution in [0, 0.1) is 11.6 Å². The lowest BCUT2D eigenvalue weighted by atomic mass is 9.97. The number of amides is 1. The molecule has 0 spiro atoms. The number of benzene rings is 2. The van der Waals surface area contributed by atoms with E-state index in [1.165, 1.54) is 24.3 Å². The number of piperazine rings is 1. The quantitative estimate of drug-likeness (QED) is 0.439. The summed E-state index contributed by atoms with van der Waals surface area (Å²) < 4.78 is 26.9. The highest BCUT2D eigenvalue weighted by Crippen LogP contribution is 2.32.